The molecular weight excluding hydrogens is 244 g/mol. The SMILES string of the molecule is O=C(c1cc(F)cc(F)c1)c1ccc[nH]c1=S. The summed E-state index contributed by atoms with van der Waals surface area (Å²) in [7, 11) is 0. The normalized spacial score (nSPS) is 10.2. The van der Waals surface area contributed by atoms with Crippen LogP contribution in [0.5, 0.6) is 0 Å². The summed E-state index contributed by atoms with van der Waals surface area (Å²) in [4.78, 5) is 14.6. The van der Waals surface area contributed by atoms with Crippen molar-refractivity contribution < 1.29 is 13.6 Å². The van der Waals surface area contributed by atoms with Crippen molar-refractivity contribution in [2.75, 3.05) is 0 Å². The third kappa shape index (κ3) is 2.45. The number of hydrogen-bond acceptors (Lipinski definition) is 2. The van der Waals surface area contributed by atoms with Crippen molar-refractivity contribution in [2.45, 2.75) is 0 Å². The molecule has 0 fully saturated rings. The van der Waals surface area contributed by atoms with Crippen LogP contribution in [0.2, 0.25) is 0 Å². The Hall–Kier alpha value is -1.88. The number of aromatic amines is 1. The Morgan fingerprint density at radius 2 is 1.82 bits per heavy atom. The molecule has 1 aromatic heterocycles. The Labute approximate surface area is 101 Å². The third-order valence-corrected chi connectivity index (χ3v) is 2.53. The van der Waals surface area contributed by atoms with Gasteiger partial charge < -0.3 is 4.98 Å². The van der Waals surface area contributed by atoms with Crippen molar-refractivity contribution in [1.29, 1.82) is 0 Å². The molecule has 17 heavy (non-hydrogen) atoms. The van der Waals surface area contributed by atoms with Crippen LogP contribution in [-0.4, -0.2) is 10.8 Å². The number of carbonyl (C=O) groups is 1. The molecule has 1 heterocycles. The molecule has 1 N–H and O–H groups in total. The lowest BCUT2D eigenvalue weighted by molar-refractivity contribution is 0.103. The molecule has 0 bridgehead atoms. The summed E-state index contributed by atoms with van der Waals surface area (Å²) in [5.74, 6) is -2.09. The molecule has 0 aliphatic heterocycles. The Bertz CT molecular complexity index is 616. The number of benzene rings is 1. The second-order valence-electron chi connectivity index (χ2n) is 3.40. The van der Waals surface area contributed by atoms with Gasteiger partial charge in [-0.25, -0.2) is 8.78 Å². The van der Waals surface area contributed by atoms with E-state index in [9.17, 15) is 13.6 Å². The molecule has 5 heteroatoms. The second-order valence-corrected chi connectivity index (χ2v) is 3.81. The third-order valence-electron chi connectivity index (χ3n) is 2.19. The van der Waals surface area contributed by atoms with E-state index in [4.69, 9.17) is 12.2 Å². The van der Waals surface area contributed by atoms with Crippen molar-refractivity contribution in [1.82, 2.24) is 4.98 Å². The van der Waals surface area contributed by atoms with Crippen molar-refractivity contribution in [3.05, 3.63) is 63.9 Å². The number of rotatable bonds is 2. The summed E-state index contributed by atoms with van der Waals surface area (Å²) < 4.78 is 26.2. The summed E-state index contributed by atoms with van der Waals surface area (Å²) in [6, 6.07) is 5.77. The van der Waals surface area contributed by atoms with Crippen LogP contribution in [0.4, 0.5) is 8.78 Å². The zero-order chi connectivity index (χ0) is 12.4. The molecule has 0 saturated carbocycles. The zero-order valence-electron chi connectivity index (χ0n) is 8.54. The van der Waals surface area contributed by atoms with Gasteiger partial charge in [0.05, 0.1) is 5.56 Å². The van der Waals surface area contributed by atoms with E-state index in [1.54, 1.807) is 12.3 Å². The van der Waals surface area contributed by atoms with Crippen LogP contribution in [0, 0.1) is 16.3 Å². The molecular formula is C12H7F2NOS. The van der Waals surface area contributed by atoms with Gasteiger partial charge in [-0.2, -0.15) is 0 Å². The highest BCUT2D eigenvalue weighted by atomic mass is 32.1. The van der Waals surface area contributed by atoms with Crippen LogP contribution in [-0.2, 0) is 0 Å². The lowest BCUT2D eigenvalue weighted by Gasteiger charge is -2.02. The number of nitrogens with one attached hydrogen (secondary N) is 1. The number of aromatic nitrogens is 1. The maximum absolute atomic E-state index is 13.0. The van der Waals surface area contributed by atoms with Crippen LogP contribution in [0.3, 0.4) is 0 Å². The van der Waals surface area contributed by atoms with Crippen molar-refractivity contribution in [2.24, 2.45) is 0 Å². The summed E-state index contributed by atoms with van der Waals surface area (Å²) in [6.45, 7) is 0. The van der Waals surface area contributed by atoms with E-state index in [1.807, 2.05) is 0 Å². The molecule has 0 saturated heterocycles. The first-order valence-corrected chi connectivity index (χ1v) is 5.17. The Kier molecular flexibility index (Phi) is 3.10. The van der Waals surface area contributed by atoms with Crippen LogP contribution < -0.4 is 0 Å². The quantitative estimate of drug-likeness (QED) is 0.656. The van der Waals surface area contributed by atoms with Gasteiger partial charge >= 0.3 is 0 Å². The fourth-order valence-electron chi connectivity index (χ4n) is 1.44. The summed E-state index contributed by atoms with van der Waals surface area (Å²) in [5.41, 5.74) is 0.153. The number of H-pyrrole nitrogens is 1. The number of halogens is 2. The molecule has 86 valence electrons. The van der Waals surface area contributed by atoms with E-state index in [2.05, 4.69) is 4.98 Å². The second kappa shape index (κ2) is 4.55. The van der Waals surface area contributed by atoms with Crippen LogP contribution in [0.25, 0.3) is 0 Å². The number of ketones is 1. The van der Waals surface area contributed by atoms with E-state index < -0.39 is 17.4 Å². The Morgan fingerprint density at radius 1 is 1.18 bits per heavy atom. The molecule has 0 aliphatic rings. The first kappa shape index (κ1) is 11.6. The molecule has 0 radical (unpaired) electrons. The molecule has 0 amide bonds. The lowest BCUT2D eigenvalue weighted by Crippen LogP contribution is -2.04. The molecule has 0 atom stereocenters. The monoisotopic (exact) mass is 251 g/mol. The van der Waals surface area contributed by atoms with Crippen molar-refractivity contribution in [3.63, 3.8) is 0 Å². The van der Waals surface area contributed by atoms with E-state index in [0.717, 1.165) is 12.1 Å². The predicted molar refractivity (Wildman–Crippen MR) is 61.4 cm³/mol. The first-order valence-electron chi connectivity index (χ1n) is 4.76. The summed E-state index contributed by atoms with van der Waals surface area (Å²) in [6.07, 6.45) is 1.57. The Balaban J connectivity index is 2.51. The van der Waals surface area contributed by atoms with Gasteiger partial charge in [-0.05, 0) is 24.3 Å². The van der Waals surface area contributed by atoms with Gasteiger partial charge in [-0.1, -0.05) is 12.2 Å². The van der Waals surface area contributed by atoms with E-state index >= 15 is 0 Å². The number of pyridine rings is 1. The van der Waals surface area contributed by atoms with Gasteiger partial charge in [0.2, 0.25) is 0 Å². The minimum absolute atomic E-state index is 0.0619. The molecule has 2 rings (SSSR count). The van der Waals surface area contributed by atoms with Crippen molar-refractivity contribution in [3.8, 4) is 0 Å². The number of carbonyl (C=O) groups excluding carboxylic acids is 1. The van der Waals surface area contributed by atoms with Gasteiger partial charge in [-0.15, -0.1) is 0 Å². The molecule has 2 aromatic rings. The topological polar surface area (TPSA) is 32.9 Å². The Morgan fingerprint density at radius 3 is 2.41 bits per heavy atom. The molecule has 1 aromatic carbocycles. The van der Waals surface area contributed by atoms with Gasteiger partial charge in [0.15, 0.2) is 5.78 Å². The molecule has 0 aliphatic carbocycles. The smallest absolute Gasteiger partial charge is 0.196 e. The standard InChI is InChI=1S/C12H7F2NOS/c13-8-4-7(5-9(14)6-8)11(16)10-2-1-3-15-12(10)17/h1-6H,(H,15,17). The lowest BCUT2D eigenvalue weighted by atomic mass is 10.0. The van der Waals surface area contributed by atoms with Crippen LogP contribution in [0.1, 0.15) is 15.9 Å². The average molecular weight is 251 g/mol. The highest BCUT2D eigenvalue weighted by Gasteiger charge is 2.12. The van der Waals surface area contributed by atoms with Gasteiger partial charge in [-0.3, -0.25) is 4.79 Å². The van der Waals surface area contributed by atoms with Crippen molar-refractivity contribution >= 4 is 18.0 Å². The minimum Gasteiger partial charge on any atom is -0.352 e. The molecule has 0 spiro atoms. The largest absolute Gasteiger partial charge is 0.352 e. The first-order chi connectivity index (χ1) is 8.08. The average Bonchev–Trinajstić information content (AvgIpc) is 2.27. The van der Waals surface area contributed by atoms with Crippen LogP contribution >= 0.6 is 12.2 Å². The fourth-order valence-corrected chi connectivity index (χ4v) is 1.67. The minimum atomic E-state index is -0.792. The molecule has 2 nitrogen and oxygen atoms in total. The highest BCUT2D eigenvalue weighted by Crippen LogP contribution is 2.13. The van der Waals surface area contributed by atoms with E-state index in [1.165, 1.54) is 6.07 Å². The van der Waals surface area contributed by atoms with E-state index in [-0.39, 0.29) is 15.8 Å². The van der Waals surface area contributed by atoms with Gasteiger partial charge in [0, 0.05) is 17.8 Å². The maximum atomic E-state index is 13.0. The van der Waals surface area contributed by atoms with Gasteiger partial charge in [0.25, 0.3) is 0 Å². The summed E-state index contributed by atoms with van der Waals surface area (Å²) in [5, 5.41) is 0. The summed E-state index contributed by atoms with van der Waals surface area (Å²) >= 11 is 4.93. The molecule has 0 unspecified atom stereocenters. The fraction of sp³-hybridized carbons (Fsp3) is 0. The zero-order valence-corrected chi connectivity index (χ0v) is 9.35. The van der Waals surface area contributed by atoms with Crippen LogP contribution in [0.15, 0.2) is 36.5 Å². The highest BCUT2D eigenvalue weighted by molar-refractivity contribution is 7.71. The number of hydrogen-bond donors (Lipinski definition) is 1. The predicted octanol–water partition coefficient (Wildman–Crippen LogP) is 3.25. The maximum Gasteiger partial charge on any atom is 0.196 e. The van der Waals surface area contributed by atoms with Gasteiger partial charge in [0.1, 0.15) is 16.3 Å². The van der Waals surface area contributed by atoms with E-state index in [0.29, 0.717) is 6.07 Å².